The summed E-state index contributed by atoms with van der Waals surface area (Å²) in [5.41, 5.74) is 12.9. The van der Waals surface area contributed by atoms with Crippen LogP contribution in [0.15, 0.2) is 24.3 Å². The Morgan fingerprint density at radius 1 is 1.34 bits per heavy atom. The SMILES string of the molecule is N#Cc1ccc(-c2cc(N3CCC(O)CC3)nc3sc(C(N)=O)c(N)c23)cc1F. The molecule has 4 rings (SSSR count). The minimum atomic E-state index is -0.648. The maximum Gasteiger partial charge on any atom is 0.260 e. The van der Waals surface area contributed by atoms with Crippen LogP contribution in [0.3, 0.4) is 0 Å². The van der Waals surface area contributed by atoms with Gasteiger partial charge >= 0.3 is 0 Å². The van der Waals surface area contributed by atoms with Crippen molar-refractivity contribution in [2.45, 2.75) is 18.9 Å². The summed E-state index contributed by atoms with van der Waals surface area (Å²) in [5, 5.41) is 19.3. The van der Waals surface area contributed by atoms with Crippen molar-refractivity contribution in [1.29, 1.82) is 5.26 Å². The number of carbonyl (C=O) groups is 1. The van der Waals surface area contributed by atoms with E-state index in [4.69, 9.17) is 16.7 Å². The fourth-order valence-corrected chi connectivity index (χ4v) is 4.52. The van der Waals surface area contributed by atoms with E-state index in [0.717, 1.165) is 11.3 Å². The Morgan fingerprint density at radius 3 is 2.69 bits per heavy atom. The summed E-state index contributed by atoms with van der Waals surface area (Å²) in [7, 11) is 0. The lowest BCUT2D eigenvalue weighted by Crippen LogP contribution is -2.36. The van der Waals surface area contributed by atoms with Gasteiger partial charge in [0.25, 0.3) is 5.91 Å². The van der Waals surface area contributed by atoms with Crippen molar-refractivity contribution in [3.8, 4) is 17.2 Å². The Morgan fingerprint density at radius 2 is 2.07 bits per heavy atom. The van der Waals surface area contributed by atoms with Crippen LogP contribution in [0.5, 0.6) is 0 Å². The highest BCUT2D eigenvalue weighted by Crippen LogP contribution is 2.41. The van der Waals surface area contributed by atoms with Crippen molar-refractivity contribution in [2.24, 2.45) is 5.73 Å². The molecule has 1 amide bonds. The summed E-state index contributed by atoms with van der Waals surface area (Å²) in [5.74, 6) is -0.631. The molecule has 0 spiro atoms. The number of aliphatic hydroxyl groups is 1. The Labute approximate surface area is 170 Å². The van der Waals surface area contributed by atoms with Gasteiger partial charge in [-0.25, -0.2) is 9.37 Å². The number of thiophene rings is 1. The molecule has 1 fully saturated rings. The van der Waals surface area contributed by atoms with Gasteiger partial charge in [0.15, 0.2) is 0 Å². The molecule has 148 valence electrons. The number of rotatable bonds is 3. The second-order valence-corrected chi connectivity index (χ2v) is 7.94. The van der Waals surface area contributed by atoms with Gasteiger partial charge in [0.05, 0.1) is 17.4 Å². The average molecular weight is 411 g/mol. The number of piperidine rings is 1. The topological polar surface area (TPSA) is 129 Å². The number of primary amides is 1. The molecule has 1 aliphatic rings. The lowest BCUT2D eigenvalue weighted by atomic mass is 10.00. The molecule has 2 aromatic heterocycles. The summed E-state index contributed by atoms with van der Waals surface area (Å²) in [6.45, 7) is 1.26. The number of hydrogen-bond acceptors (Lipinski definition) is 7. The fraction of sp³-hybridized carbons (Fsp3) is 0.250. The van der Waals surface area contributed by atoms with Gasteiger partial charge in [0.2, 0.25) is 0 Å². The normalized spacial score (nSPS) is 14.9. The predicted octanol–water partition coefficient (Wildman–Crippen LogP) is 2.62. The Hall–Kier alpha value is -3.22. The molecule has 0 atom stereocenters. The van der Waals surface area contributed by atoms with Crippen LogP contribution in [0.1, 0.15) is 28.1 Å². The summed E-state index contributed by atoms with van der Waals surface area (Å²) >= 11 is 1.10. The summed E-state index contributed by atoms with van der Waals surface area (Å²) in [6, 6.07) is 7.93. The van der Waals surface area contributed by atoms with Gasteiger partial charge in [0.1, 0.15) is 27.4 Å². The molecule has 1 aliphatic heterocycles. The number of anilines is 2. The highest BCUT2D eigenvalue weighted by Gasteiger charge is 2.24. The van der Waals surface area contributed by atoms with Gasteiger partial charge in [-0.3, -0.25) is 4.79 Å². The van der Waals surface area contributed by atoms with Crippen LogP contribution in [0.2, 0.25) is 0 Å². The highest BCUT2D eigenvalue weighted by atomic mass is 32.1. The molecule has 9 heteroatoms. The van der Waals surface area contributed by atoms with Gasteiger partial charge in [-0.05, 0) is 42.2 Å². The third kappa shape index (κ3) is 3.37. The van der Waals surface area contributed by atoms with Crippen molar-refractivity contribution in [3.05, 3.63) is 40.5 Å². The van der Waals surface area contributed by atoms with Crippen molar-refractivity contribution in [3.63, 3.8) is 0 Å². The van der Waals surface area contributed by atoms with Crippen LogP contribution >= 0.6 is 11.3 Å². The summed E-state index contributed by atoms with van der Waals surface area (Å²) in [4.78, 5) is 19.2. The van der Waals surface area contributed by atoms with Crippen LogP contribution in [-0.4, -0.2) is 35.2 Å². The zero-order valence-corrected chi connectivity index (χ0v) is 16.2. The lowest BCUT2D eigenvalue weighted by Gasteiger charge is -2.30. The number of nitrogen functional groups attached to an aromatic ring is 1. The number of hydrogen-bond donors (Lipinski definition) is 3. The second kappa shape index (κ2) is 7.31. The maximum atomic E-state index is 14.3. The molecule has 0 radical (unpaired) electrons. The molecule has 3 aromatic rings. The van der Waals surface area contributed by atoms with Crippen molar-refractivity contribution in [2.75, 3.05) is 23.7 Å². The van der Waals surface area contributed by atoms with Crippen molar-refractivity contribution in [1.82, 2.24) is 4.98 Å². The molecule has 0 unspecified atom stereocenters. The number of carbonyl (C=O) groups excluding carboxylic acids is 1. The van der Waals surface area contributed by atoms with Gasteiger partial charge in [0, 0.05) is 18.5 Å². The first-order chi connectivity index (χ1) is 13.9. The zero-order valence-electron chi connectivity index (χ0n) is 15.4. The number of pyridine rings is 1. The Balaban J connectivity index is 1.93. The second-order valence-electron chi connectivity index (χ2n) is 6.94. The zero-order chi connectivity index (χ0) is 20.7. The fourth-order valence-electron chi connectivity index (χ4n) is 3.55. The average Bonchev–Trinajstić information content (AvgIpc) is 3.05. The first kappa shape index (κ1) is 19.1. The lowest BCUT2D eigenvalue weighted by molar-refractivity contribution is 0.100. The van der Waals surface area contributed by atoms with E-state index < -0.39 is 11.7 Å². The number of nitriles is 1. The molecule has 1 aromatic carbocycles. The number of amides is 1. The van der Waals surface area contributed by atoms with E-state index in [1.54, 1.807) is 18.2 Å². The van der Waals surface area contributed by atoms with E-state index >= 15 is 0 Å². The summed E-state index contributed by atoms with van der Waals surface area (Å²) < 4.78 is 14.3. The molecule has 0 bridgehead atoms. The number of halogens is 1. The van der Waals surface area contributed by atoms with Gasteiger partial charge < -0.3 is 21.5 Å². The molecular weight excluding hydrogens is 393 g/mol. The van der Waals surface area contributed by atoms with E-state index in [0.29, 0.717) is 53.1 Å². The molecular formula is C20H18FN5O2S. The standard InChI is InChI=1S/C20H18FN5O2S/c21-14-7-10(1-2-11(14)9-22)13-8-15(26-5-3-12(27)4-6-26)25-20-16(13)17(23)18(29-20)19(24)28/h1-2,7-8,12,27H,3-6,23H2,(H2,24,28). The smallest absolute Gasteiger partial charge is 0.260 e. The van der Waals surface area contributed by atoms with E-state index in [1.807, 2.05) is 4.90 Å². The Bertz CT molecular complexity index is 1160. The Kier molecular flexibility index (Phi) is 4.82. The monoisotopic (exact) mass is 411 g/mol. The van der Waals surface area contributed by atoms with Gasteiger partial charge in [-0.15, -0.1) is 11.3 Å². The van der Waals surface area contributed by atoms with Crippen LogP contribution in [0, 0.1) is 17.1 Å². The van der Waals surface area contributed by atoms with Gasteiger partial charge in [-0.2, -0.15) is 5.26 Å². The number of benzene rings is 1. The molecule has 29 heavy (non-hydrogen) atoms. The summed E-state index contributed by atoms with van der Waals surface area (Å²) in [6.07, 6.45) is 0.917. The van der Waals surface area contributed by atoms with Crippen LogP contribution in [0.25, 0.3) is 21.3 Å². The maximum absolute atomic E-state index is 14.3. The third-order valence-corrected chi connectivity index (χ3v) is 6.21. The number of nitrogens with two attached hydrogens (primary N) is 2. The minimum Gasteiger partial charge on any atom is -0.397 e. The van der Waals surface area contributed by atoms with E-state index in [2.05, 4.69) is 4.98 Å². The number of aromatic nitrogens is 1. The molecule has 1 saturated heterocycles. The highest BCUT2D eigenvalue weighted by molar-refractivity contribution is 7.21. The predicted molar refractivity (Wildman–Crippen MR) is 110 cm³/mol. The number of nitrogens with zero attached hydrogens (tertiary/aromatic N) is 3. The first-order valence-electron chi connectivity index (χ1n) is 9.05. The largest absolute Gasteiger partial charge is 0.397 e. The van der Waals surface area contributed by atoms with E-state index in [9.17, 15) is 14.3 Å². The quantitative estimate of drug-likeness (QED) is 0.607. The van der Waals surface area contributed by atoms with Crippen molar-refractivity contribution >= 4 is 39.0 Å². The van der Waals surface area contributed by atoms with Crippen molar-refractivity contribution < 1.29 is 14.3 Å². The minimum absolute atomic E-state index is 0.0552. The molecule has 3 heterocycles. The van der Waals surface area contributed by atoms with Crippen LogP contribution in [-0.2, 0) is 0 Å². The third-order valence-electron chi connectivity index (χ3n) is 5.10. The number of aliphatic hydroxyl groups excluding tert-OH is 1. The van der Waals surface area contributed by atoms with E-state index in [-0.39, 0.29) is 22.2 Å². The molecule has 0 aliphatic carbocycles. The molecule has 5 N–H and O–H groups in total. The number of fused-ring (bicyclic) bond motifs is 1. The van der Waals surface area contributed by atoms with Gasteiger partial charge in [-0.1, -0.05) is 6.07 Å². The first-order valence-corrected chi connectivity index (χ1v) is 9.86. The molecule has 0 saturated carbocycles. The van der Waals surface area contributed by atoms with Crippen LogP contribution in [0.4, 0.5) is 15.9 Å². The van der Waals surface area contributed by atoms with Crippen LogP contribution < -0.4 is 16.4 Å². The molecule has 7 nitrogen and oxygen atoms in total. The van der Waals surface area contributed by atoms with E-state index in [1.165, 1.54) is 12.1 Å².